The highest BCUT2D eigenvalue weighted by atomic mass is 32.2. The average Bonchev–Trinajstić information content (AvgIpc) is 3.27. The van der Waals surface area contributed by atoms with Crippen LogP contribution in [0, 0.1) is 5.92 Å². The van der Waals surface area contributed by atoms with Crippen LogP contribution in [0.25, 0.3) is 0 Å². The Kier molecular flexibility index (Phi) is 7.09. The summed E-state index contributed by atoms with van der Waals surface area (Å²) in [5.41, 5.74) is 1.13. The summed E-state index contributed by atoms with van der Waals surface area (Å²) in [6.45, 7) is 1.38. The van der Waals surface area contributed by atoms with Crippen molar-refractivity contribution >= 4 is 27.3 Å². The molecule has 2 aromatic rings. The van der Waals surface area contributed by atoms with Crippen molar-refractivity contribution in [2.45, 2.75) is 29.9 Å². The number of thiophene rings is 1. The van der Waals surface area contributed by atoms with E-state index in [1.165, 1.54) is 15.6 Å². The number of rotatable bonds is 8. The first kappa shape index (κ1) is 20.8. The van der Waals surface area contributed by atoms with E-state index >= 15 is 0 Å². The van der Waals surface area contributed by atoms with Gasteiger partial charge in [0.05, 0.1) is 7.11 Å². The minimum absolute atomic E-state index is 0.0215. The van der Waals surface area contributed by atoms with Gasteiger partial charge >= 0.3 is 0 Å². The molecule has 1 amide bonds. The summed E-state index contributed by atoms with van der Waals surface area (Å²) in [5, 5.41) is 4.76. The first-order chi connectivity index (χ1) is 13.5. The summed E-state index contributed by atoms with van der Waals surface area (Å²) < 4.78 is 32.3. The molecular formula is C20H26N2O4S2. The van der Waals surface area contributed by atoms with E-state index in [9.17, 15) is 13.2 Å². The topological polar surface area (TPSA) is 75.7 Å². The first-order valence-electron chi connectivity index (χ1n) is 9.45. The third-order valence-electron chi connectivity index (χ3n) is 5.03. The Bertz CT molecular complexity index is 873. The molecule has 0 aliphatic carbocycles. The molecule has 1 aromatic heterocycles. The van der Waals surface area contributed by atoms with Gasteiger partial charge in [0.1, 0.15) is 9.96 Å². The molecule has 0 bridgehead atoms. The van der Waals surface area contributed by atoms with Crippen molar-refractivity contribution in [2.24, 2.45) is 5.92 Å². The van der Waals surface area contributed by atoms with E-state index < -0.39 is 10.0 Å². The zero-order valence-electron chi connectivity index (χ0n) is 16.0. The van der Waals surface area contributed by atoms with Gasteiger partial charge in [-0.3, -0.25) is 4.79 Å². The van der Waals surface area contributed by atoms with Crippen LogP contribution in [0.1, 0.15) is 24.8 Å². The van der Waals surface area contributed by atoms with Gasteiger partial charge in [0.15, 0.2) is 0 Å². The van der Waals surface area contributed by atoms with Gasteiger partial charge in [0.25, 0.3) is 10.0 Å². The number of hydrogen-bond donors (Lipinski definition) is 1. The third kappa shape index (κ3) is 4.92. The van der Waals surface area contributed by atoms with Gasteiger partial charge in [0.2, 0.25) is 5.91 Å². The molecule has 6 nitrogen and oxygen atoms in total. The van der Waals surface area contributed by atoms with Crippen molar-refractivity contribution in [3.63, 3.8) is 0 Å². The standard InChI is InChI=1S/C20H26N2O4S2/c1-26-18-8-3-2-6-16(18)7-4-12-21-20(23)17-10-13-22(14-11-17)28(24,25)19-9-5-15-27-19/h2-3,5-6,8-9,15,17H,4,7,10-14H2,1H3,(H,21,23). The van der Waals surface area contributed by atoms with E-state index in [1.807, 2.05) is 24.3 Å². The van der Waals surface area contributed by atoms with Crippen LogP contribution in [0.5, 0.6) is 5.75 Å². The maximum atomic E-state index is 12.5. The Morgan fingerprint density at radius 1 is 1.21 bits per heavy atom. The smallest absolute Gasteiger partial charge is 0.252 e. The lowest BCUT2D eigenvalue weighted by Crippen LogP contribution is -2.43. The molecule has 2 heterocycles. The minimum atomic E-state index is -3.42. The number of amides is 1. The SMILES string of the molecule is COc1ccccc1CCCNC(=O)C1CCN(S(=O)(=O)c2cccs2)CC1. The van der Waals surface area contributed by atoms with Gasteiger partial charge in [-0.15, -0.1) is 11.3 Å². The Balaban J connectivity index is 1.42. The van der Waals surface area contributed by atoms with Crippen LogP contribution in [-0.2, 0) is 21.2 Å². The summed E-state index contributed by atoms with van der Waals surface area (Å²) in [6, 6.07) is 11.3. The molecule has 0 radical (unpaired) electrons. The molecule has 1 fully saturated rings. The van der Waals surface area contributed by atoms with Gasteiger partial charge in [0, 0.05) is 25.6 Å². The highest BCUT2D eigenvalue weighted by Crippen LogP contribution is 2.26. The Labute approximate surface area is 170 Å². The predicted molar refractivity (Wildman–Crippen MR) is 110 cm³/mol. The molecule has 28 heavy (non-hydrogen) atoms. The number of piperidine rings is 1. The second kappa shape index (κ2) is 9.54. The number of benzene rings is 1. The highest BCUT2D eigenvalue weighted by Gasteiger charge is 2.32. The van der Waals surface area contributed by atoms with Crippen LogP contribution in [0.4, 0.5) is 0 Å². The van der Waals surface area contributed by atoms with Crippen LogP contribution in [0.2, 0.25) is 0 Å². The molecule has 3 rings (SSSR count). The Morgan fingerprint density at radius 2 is 1.96 bits per heavy atom. The number of nitrogens with one attached hydrogen (secondary N) is 1. The number of carbonyl (C=O) groups excluding carboxylic acids is 1. The number of sulfonamides is 1. The summed E-state index contributed by atoms with van der Waals surface area (Å²) in [4.78, 5) is 12.4. The van der Waals surface area contributed by atoms with Gasteiger partial charge in [-0.2, -0.15) is 4.31 Å². The number of carbonyl (C=O) groups is 1. The van der Waals surface area contributed by atoms with E-state index in [2.05, 4.69) is 5.32 Å². The van der Waals surface area contributed by atoms with Gasteiger partial charge in [-0.25, -0.2) is 8.42 Å². The van der Waals surface area contributed by atoms with Gasteiger partial charge in [-0.1, -0.05) is 24.3 Å². The molecule has 1 aliphatic heterocycles. The zero-order chi connectivity index (χ0) is 20.0. The second-order valence-electron chi connectivity index (χ2n) is 6.82. The number of hydrogen-bond acceptors (Lipinski definition) is 5. The van der Waals surface area contributed by atoms with E-state index in [1.54, 1.807) is 24.6 Å². The molecule has 0 spiro atoms. The van der Waals surface area contributed by atoms with E-state index in [0.29, 0.717) is 36.7 Å². The summed E-state index contributed by atoms with van der Waals surface area (Å²) in [6.07, 6.45) is 2.78. The fraction of sp³-hybridized carbons (Fsp3) is 0.450. The molecular weight excluding hydrogens is 396 g/mol. The maximum Gasteiger partial charge on any atom is 0.252 e. The van der Waals surface area contributed by atoms with Crippen LogP contribution < -0.4 is 10.1 Å². The molecule has 0 unspecified atom stereocenters. The normalized spacial score (nSPS) is 16.0. The number of methoxy groups -OCH3 is 1. The molecule has 0 atom stereocenters. The van der Waals surface area contributed by atoms with Crippen molar-refractivity contribution < 1.29 is 17.9 Å². The van der Waals surface area contributed by atoms with Crippen LogP contribution >= 0.6 is 11.3 Å². The third-order valence-corrected chi connectivity index (χ3v) is 8.30. The monoisotopic (exact) mass is 422 g/mol. The van der Waals surface area contributed by atoms with Crippen molar-refractivity contribution in [2.75, 3.05) is 26.7 Å². The number of aryl methyl sites for hydroxylation is 1. The lowest BCUT2D eigenvalue weighted by molar-refractivity contribution is -0.126. The van der Waals surface area contributed by atoms with Crippen molar-refractivity contribution in [3.8, 4) is 5.75 Å². The summed E-state index contributed by atoms with van der Waals surface area (Å²) in [5.74, 6) is 0.766. The molecule has 1 N–H and O–H groups in total. The molecule has 1 aliphatic rings. The van der Waals surface area contributed by atoms with Crippen molar-refractivity contribution in [1.29, 1.82) is 0 Å². The van der Waals surface area contributed by atoms with Crippen LogP contribution in [0.3, 0.4) is 0 Å². The number of nitrogens with zero attached hydrogens (tertiary/aromatic N) is 1. The van der Waals surface area contributed by atoms with Crippen molar-refractivity contribution in [3.05, 3.63) is 47.3 Å². The number of para-hydroxylation sites is 1. The highest BCUT2D eigenvalue weighted by molar-refractivity contribution is 7.91. The van der Waals surface area contributed by atoms with Crippen molar-refractivity contribution in [1.82, 2.24) is 9.62 Å². The Hall–Kier alpha value is -1.90. The second-order valence-corrected chi connectivity index (χ2v) is 9.93. The fourth-order valence-electron chi connectivity index (χ4n) is 3.44. The largest absolute Gasteiger partial charge is 0.496 e. The van der Waals surface area contributed by atoms with Crippen LogP contribution in [-0.4, -0.2) is 45.4 Å². The summed E-state index contributed by atoms with van der Waals surface area (Å²) >= 11 is 1.23. The van der Waals surface area contributed by atoms with E-state index in [-0.39, 0.29) is 11.8 Å². The van der Waals surface area contributed by atoms with Gasteiger partial charge < -0.3 is 10.1 Å². The average molecular weight is 423 g/mol. The minimum Gasteiger partial charge on any atom is -0.496 e. The van der Waals surface area contributed by atoms with Crippen LogP contribution in [0.15, 0.2) is 46.0 Å². The Morgan fingerprint density at radius 3 is 2.64 bits per heavy atom. The molecule has 152 valence electrons. The number of ether oxygens (including phenoxy) is 1. The predicted octanol–water partition coefficient (Wildman–Crippen LogP) is 2.91. The lowest BCUT2D eigenvalue weighted by atomic mass is 9.97. The quantitative estimate of drug-likeness (QED) is 0.664. The lowest BCUT2D eigenvalue weighted by Gasteiger charge is -2.30. The van der Waals surface area contributed by atoms with E-state index in [4.69, 9.17) is 4.74 Å². The first-order valence-corrected chi connectivity index (χ1v) is 11.8. The summed E-state index contributed by atoms with van der Waals surface area (Å²) in [7, 11) is -1.76. The molecule has 1 saturated heterocycles. The zero-order valence-corrected chi connectivity index (χ0v) is 17.6. The van der Waals surface area contributed by atoms with E-state index in [0.717, 1.165) is 24.2 Å². The van der Waals surface area contributed by atoms with Gasteiger partial charge in [-0.05, 0) is 48.8 Å². The molecule has 8 heteroatoms. The maximum absolute atomic E-state index is 12.5. The molecule has 1 aromatic carbocycles. The fourth-order valence-corrected chi connectivity index (χ4v) is 6.05. The molecule has 0 saturated carbocycles.